The third-order valence-corrected chi connectivity index (χ3v) is 9.41. The number of aliphatic hydroxyl groups is 2. The molecule has 0 fully saturated rings. The fraction of sp³-hybridized carbons (Fsp3) is 0.762. The molecular formula is C42H75O10P. The van der Waals surface area contributed by atoms with Crippen LogP contribution in [0.2, 0.25) is 0 Å². The van der Waals surface area contributed by atoms with Crippen LogP contribution in [0.4, 0.5) is 0 Å². The molecule has 0 bridgehead atoms. The molecule has 0 aliphatic carbocycles. The minimum absolute atomic E-state index is 0.152. The minimum atomic E-state index is -4.63. The van der Waals surface area contributed by atoms with Gasteiger partial charge in [-0.1, -0.05) is 133 Å². The Hall–Kier alpha value is -2.07. The quantitative estimate of drug-likeness (QED) is 0.0240. The molecule has 0 aliphatic rings. The summed E-state index contributed by atoms with van der Waals surface area (Å²) in [5.41, 5.74) is 0. The van der Waals surface area contributed by atoms with Crippen molar-refractivity contribution in [1.29, 1.82) is 0 Å². The molecule has 3 N–H and O–H groups in total. The number of unbranched alkanes of at least 4 members (excludes halogenated alkanes) is 16. The molecule has 0 rings (SSSR count). The van der Waals surface area contributed by atoms with Crippen LogP contribution in [-0.4, -0.2) is 65.7 Å². The lowest BCUT2D eigenvalue weighted by molar-refractivity contribution is -0.161. The predicted octanol–water partition coefficient (Wildman–Crippen LogP) is 10.6. The Labute approximate surface area is 322 Å². The largest absolute Gasteiger partial charge is 0.472 e. The molecule has 11 heteroatoms. The van der Waals surface area contributed by atoms with Crippen molar-refractivity contribution in [1.82, 2.24) is 0 Å². The van der Waals surface area contributed by atoms with E-state index in [-0.39, 0.29) is 19.4 Å². The van der Waals surface area contributed by atoms with Crippen molar-refractivity contribution in [3.63, 3.8) is 0 Å². The summed E-state index contributed by atoms with van der Waals surface area (Å²) >= 11 is 0. The molecule has 1 unspecified atom stereocenters. The van der Waals surface area contributed by atoms with Gasteiger partial charge >= 0.3 is 19.8 Å². The van der Waals surface area contributed by atoms with Gasteiger partial charge in [0.25, 0.3) is 0 Å². The highest BCUT2D eigenvalue weighted by Crippen LogP contribution is 2.43. The van der Waals surface area contributed by atoms with Gasteiger partial charge in [0.05, 0.1) is 19.8 Å². The van der Waals surface area contributed by atoms with E-state index in [1.165, 1.54) is 77.0 Å². The lowest BCUT2D eigenvalue weighted by Crippen LogP contribution is -2.29. The summed E-state index contributed by atoms with van der Waals surface area (Å²) in [6.45, 7) is 2.28. The average Bonchev–Trinajstić information content (AvgIpc) is 3.14. The fourth-order valence-electron chi connectivity index (χ4n) is 5.24. The Bertz CT molecular complexity index is 1030. The SMILES string of the molecule is CCCCCCCC/C=C/C/C=C/C/C=C/CCCC(=O)OC[C@H](COP(=O)(O)OC[C@@H](O)CO)OC(=O)CCCCC/C=C/CCCCCCCC. The maximum atomic E-state index is 12.6. The second kappa shape index (κ2) is 38.2. The van der Waals surface area contributed by atoms with Crippen LogP contribution in [0.3, 0.4) is 0 Å². The van der Waals surface area contributed by atoms with Crippen molar-refractivity contribution in [2.24, 2.45) is 0 Å². The molecular weight excluding hydrogens is 695 g/mol. The van der Waals surface area contributed by atoms with E-state index in [2.05, 4.69) is 60.9 Å². The second-order valence-electron chi connectivity index (χ2n) is 13.7. The molecule has 0 radical (unpaired) electrons. The molecule has 53 heavy (non-hydrogen) atoms. The molecule has 308 valence electrons. The highest BCUT2D eigenvalue weighted by Gasteiger charge is 2.27. The van der Waals surface area contributed by atoms with E-state index < -0.39 is 51.8 Å². The van der Waals surface area contributed by atoms with E-state index >= 15 is 0 Å². The van der Waals surface area contributed by atoms with Crippen molar-refractivity contribution in [3.8, 4) is 0 Å². The molecule has 0 saturated heterocycles. The van der Waals surface area contributed by atoms with Crippen LogP contribution >= 0.6 is 7.82 Å². The Balaban J connectivity index is 4.43. The summed E-state index contributed by atoms with van der Waals surface area (Å²) in [4.78, 5) is 34.9. The molecule has 0 spiro atoms. The first-order chi connectivity index (χ1) is 25.7. The second-order valence-corrected chi connectivity index (χ2v) is 15.1. The van der Waals surface area contributed by atoms with E-state index in [9.17, 15) is 24.2 Å². The standard InChI is InChI=1S/C42H75O10P/c1-3-5-7-9-11-13-15-17-18-19-20-22-23-25-27-29-31-33-41(45)49-37-40(38-51-53(47,48)50-36-39(44)35-43)52-42(46)34-32-30-28-26-24-21-16-14-12-10-8-6-4-2/h17-18,20-22,24-25,27,39-40,43-44H,3-16,19,23,26,28-38H2,1-2H3,(H,47,48)/b18-17+,22-20+,24-21+,27-25+/t39-,40+/m0/s1. The zero-order valence-corrected chi connectivity index (χ0v) is 34.1. The monoisotopic (exact) mass is 771 g/mol. The number of carbonyl (C=O) groups is 2. The lowest BCUT2D eigenvalue weighted by Gasteiger charge is -2.20. The molecule has 0 amide bonds. The van der Waals surface area contributed by atoms with Crippen molar-refractivity contribution in [3.05, 3.63) is 48.6 Å². The number of allylic oxidation sites excluding steroid dienone is 8. The number of esters is 2. The zero-order valence-electron chi connectivity index (χ0n) is 33.2. The van der Waals surface area contributed by atoms with E-state index in [1.54, 1.807) is 0 Å². The third kappa shape index (κ3) is 38.0. The van der Waals surface area contributed by atoms with Gasteiger partial charge in [-0.05, 0) is 70.6 Å². The molecule has 0 aliphatic heterocycles. The van der Waals surface area contributed by atoms with Crippen LogP contribution < -0.4 is 0 Å². The zero-order chi connectivity index (χ0) is 39.1. The van der Waals surface area contributed by atoms with Gasteiger partial charge in [-0.2, -0.15) is 0 Å². The molecule has 10 nitrogen and oxygen atoms in total. The van der Waals surface area contributed by atoms with Gasteiger partial charge in [0.2, 0.25) is 0 Å². The Morgan fingerprint density at radius 1 is 0.566 bits per heavy atom. The number of phosphoric ester groups is 1. The lowest BCUT2D eigenvalue weighted by atomic mass is 10.1. The van der Waals surface area contributed by atoms with Crippen LogP contribution in [0.25, 0.3) is 0 Å². The van der Waals surface area contributed by atoms with Gasteiger partial charge in [0.15, 0.2) is 6.10 Å². The fourth-order valence-corrected chi connectivity index (χ4v) is 6.03. The molecule has 3 atom stereocenters. The van der Waals surface area contributed by atoms with Crippen LogP contribution in [0.15, 0.2) is 48.6 Å². The molecule has 0 saturated carbocycles. The summed E-state index contributed by atoms with van der Waals surface area (Å²) < 4.78 is 32.6. The minimum Gasteiger partial charge on any atom is -0.462 e. The van der Waals surface area contributed by atoms with Crippen molar-refractivity contribution in [2.45, 2.75) is 180 Å². The van der Waals surface area contributed by atoms with Gasteiger partial charge in [-0.25, -0.2) is 4.57 Å². The van der Waals surface area contributed by atoms with Gasteiger partial charge in [0.1, 0.15) is 12.7 Å². The first-order valence-electron chi connectivity index (χ1n) is 20.6. The molecule has 0 heterocycles. The summed E-state index contributed by atoms with van der Waals surface area (Å²) in [6, 6.07) is 0. The third-order valence-electron chi connectivity index (χ3n) is 8.46. The Kier molecular flexibility index (Phi) is 36.7. The van der Waals surface area contributed by atoms with Crippen LogP contribution in [0.1, 0.15) is 168 Å². The van der Waals surface area contributed by atoms with E-state index in [1.807, 2.05) is 6.08 Å². The molecule has 0 aromatic carbocycles. The van der Waals surface area contributed by atoms with Crippen LogP contribution in [0, 0.1) is 0 Å². The molecule has 0 aromatic rings. The van der Waals surface area contributed by atoms with Crippen molar-refractivity contribution < 1.29 is 47.8 Å². The first kappa shape index (κ1) is 50.9. The first-order valence-corrected chi connectivity index (χ1v) is 22.1. The number of ether oxygens (including phenoxy) is 2. The molecule has 0 aromatic heterocycles. The van der Waals surface area contributed by atoms with E-state index in [4.69, 9.17) is 19.1 Å². The number of phosphoric acid groups is 1. The van der Waals surface area contributed by atoms with Gasteiger partial charge in [0, 0.05) is 12.8 Å². The maximum absolute atomic E-state index is 12.6. The summed E-state index contributed by atoms with van der Waals surface area (Å²) in [7, 11) is -4.63. The van der Waals surface area contributed by atoms with Crippen LogP contribution in [-0.2, 0) is 32.7 Å². The Morgan fingerprint density at radius 2 is 1.00 bits per heavy atom. The van der Waals surface area contributed by atoms with Gasteiger partial charge in [-0.15, -0.1) is 0 Å². The smallest absolute Gasteiger partial charge is 0.462 e. The number of rotatable bonds is 38. The number of aliphatic hydroxyl groups excluding tert-OH is 2. The van der Waals surface area contributed by atoms with E-state index in [0.717, 1.165) is 44.9 Å². The topological polar surface area (TPSA) is 149 Å². The predicted molar refractivity (Wildman–Crippen MR) is 214 cm³/mol. The summed E-state index contributed by atoms with van der Waals surface area (Å²) in [6.07, 6.45) is 39.5. The van der Waals surface area contributed by atoms with Crippen LogP contribution in [0.5, 0.6) is 0 Å². The summed E-state index contributed by atoms with van der Waals surface area (Å²) in [5.74, 6) is -1.01. The Morgan fingerprint density at radius 3 is 1.55 bits per heavy atom. The summed E-state index contributed by atoms with van der Waals surface area (Å²) in [5, 5.41) is 18.3. The normalized spacial score (nSPS) is 14.4. The van der Waals surface area contributed by atoms with Gasteiger partial charge < -0.3 is 24.6 Å². The number of hydrogen-bond donors (Lipinski definition) is 3. The maximum Gasteiger partial charge on any atom is 0.472 e. The van der Waals surface area contributed by atoms with Gasteiger partial charge in [-0.3, -0.25) is 18.6 Å². The number of hydrogen-bond acceptors (Lipinski definition) is 9. The van der Waals surface area contributed by atoms with Crippen molar-refractivity contribution in [2.75, 3.05) is 26.4 Å². The highest BCUT2D eigenvalue weighted by atomic mass is 31.2. The number of carbonyl (C=O) groups excluding carboxylic acids is 2. The van der Waals surface area contributed by atoms with Crippen molar-refractivity contribution >= 4 is 19.8 Å². The average molecular weight is 771 g/mol. The highest BCUT2D eigenvalue weighted by molar-refractivity contribution is 7.47. The van der Waals surface area contributed by atoms with E-state index in [0.29, 0.717) is 19.3 Å².